The molecule has 10 heteroatoms. The van der Waals surface area contributed by atoms with E-state index in [2.05, 4.69) is 10.6 Å². The molecule has 0 spiro atoms. The summed E-state index contributed by atoms with van der Waals surface area (Å²) >= 11 is 0. The molecule has 0 aromatic heterocycles. The summed E-state index contributed by atoms with van der Waals surface area (Å²) in [4.78, 5) is 2.02. The average Bonchev–Trinajstić information content (AvgIpc) is 2.74. The normalized spacial score (nSPS) is 17.4. The van der Waals surface area contributed by atoms with Gasteiger partial charge in [0, 0.05) is 33.6 Å². The van der Waals surface area contributed by atoms with Crippen LogP contribution in [0.4, 0.5) is 11.4 Å². The Labute approximate surface area is 183 Å². The highest BCUT2D eigenvalue weighted by Crippen LogP contribution is 2.30. The van der Waals surface area contributed by atoms with Crippen molar-refractivity contribution in [1.29, 1.82) is 0 Å². The van der Waals surface area contributed by atoms with Crippen LogP contribution < -0.4 is 9.62 Å². The van der Waals surface area contributed by atoms with Gasteiger partial charge in [-0.3, -0.25) is 4.72 Å². The van der Waals surface area contributed by atoms with Crippen LogP contribution in [0.15, 0.2) is 58.3 Å². The molecule has 1 heterocycles. The molecule has 0 bridgehead atoms. The summed E-state index contributed by atoms with van der Waals surface area (Å²) in [5.74, 6) is 2.60. The number of morpholine rings is 1. The second-order valence-corrected chi connectivity index (χ2v) is 11.1. The molecule has 1 unspecified atom stereocenters. The highest BCUT2D eigenvalue weighted by molar-refractivity contribution is 7.92. The van der Waals surface area contributed by atoms with Gasteiger partial charge < -0.3 is 9.64 Å². The molecule has 2 aromatic carbocycles. The molecule has 2 aromatic rings. The number of sulfonamides is 2. The first-order valence-electron chi connectivity index (χ1n) is 9.59. The van der Waals surface area contributed by atoms with Crippen molar-refractivity contribution in [3.63, 3.8) is 0 Å². The van der Waals surface area contributed by atoms with Gasteiger partial charge >= 0.3 is 0 Å². The van der Waals surface area contributed by atoms with Gasteiger partial charge in [0.1, 0.15) is 0 Å². The first-order valence-corrected chi connectivity index (χ1v) is 12.5. The smallest absolute Gasteiger partial charge is 0.261 e. The van der Waals surface area contributed by atoms with Crippen molar-refractivity contribution in [3.8, 4) is 12.3 Å². The fraction of sp³-hybridized carbons (Fsp3) is 0.333. The lowest BCUT2D eigenvalue weighted by molar-refractivity contribution is 0.0442. The molecule has 1 N–H and O–H groups in total. The first kappa shape index (κ1) is 23.1. The van der Waals surface area contributed by atoms with Crippen LogP contribution in [0, 0.1) is 12.3 Å². The monoisotopic (exact) mass is 463 g/mol. The summed E-state index contributed by atoms with van der Waals surface area (Å²) in [6.45, 7) is 1.66. The molecular formula is C21H25N3O5S2. The molecule has 0 aliphatic carbocycles. The minimum absolute atomic E-state index is 0.0183. The quantitative estimate of drug-likeness (QED) is 0.631. The van der Waals surface area contributed by atoms with E-state index in [1.54, 1.807) is 12.1 Å². The molecule has 0 saturated carbocycles. The van der Waals surface area contributed by atoms with Crippen molar-refractivity contribution < 1.29 is 21.6 Å². The Kier molecular flexibility index (Phi) is 6.91. The van der Waals surface area contributed by atoms with E-state index in [1.807, 2.05) is 17.0 Å². The molecule has 1 atom stereocenters. The maximum atomic E-state index is 13.0. The lowest BCUT2D eigenvalue weighted by atomic mass is 10.1. The van der Waals surface area contributed by atoms with E-state index in [9.17, 15) is 16.8 Å². The van der Waals surface area contributed by atoms with Gasteiger partial charge in [0.25, 0.3) is 10.0 Å². The zero-order chi connectivity index (χ0) is 22.6. The Hall–Kier alpha value is -2.58. The van der Waals surface area contributed by atoms with Gasteiger partial charge in [-0.1, -0.05) is 12.1 Å². The van der Waals surface area contributed by atoms with E-state index in [4.69, 9.17) is 11.2 Å². The molecule has 166 valence electrons. The molecule has 0 amide bonds. The number of terminal acetylenes is 1. The fourth-order valence-corrected chi connectivity index (χ4v) is 5.21. The van der Waals surface area contributed by atoms with Gasteiger partial charge in [-0.05, 0) is 36.4 Å². The summed E-state index contributed by atoms with van der Waals surface area (Å²) in [5.41, 5.74) is 1.15. The molecule has 3 rings (SSSR count). The summed E-state index contributed by atoms with van der Waals surface area (Å²) in [6.07, 6.45) is 5.76. The van der Waals surface area contributed by atoms with Crippen LogP contribution in [0.2, 0.25) is 0 Å². The number of hydrogen-bond acceptors (Lipinski definition) is 6. The predicted octanol–water partition coefficient (Wildman–Crippen LogP) is 1.97. The van der Waals surface area contributed by atoms with Crippen LogP contribution in [0.1, 0.15) is 6.42 Å². The number of nitrogens with zero attached hydrogens (tertiary/aromatic N) is 2. The number of rotatable bonds is 7. The zero-order valence-electron chi connectivity index (χ0n) is 17.4. The Morgan fingerprint density at radius 2 is 1.74 bits per heavy atom. The molecule has 1 fully saturated rings. The fourth-order valence-electron chi connectivity index (χ4n) is 3.23. The van der Waals surface area contributed by atoms with Crippen LogP contribution in [0.5, 0.6) is 0 Å². The van der Waals surface area contributed by atoms with E-state index >= 15 is 0 Å². The van der Waals surface area contributed by atoms with E-state index in [1.165, 1.54) is 38.4 Å². The van der Waals surface area contributed by atoms with Crippen molar-refractivity contribution in [2.24, 2.45) is 0 Å². The maximum Gasteiger partial charge on any atom is 0.261 e. The van der Waals surface area contributed by atoms with Crippen molar-refractivity contribution in [3.05, 3.63) is 48.5 Å². The highest BCUT2D eigenvalue weighted by Gasteiger charge is 2.24. The van der Waals surface area contributed by atoms with Gasteiger partial charge in [0.2, 0.25) is 10.0 Å². The summed E-state index contributed by atoms with van der Waals surface area (Å²) < 4.78 is 59.7. The number of hydrogen-bond donors (Lipinski definition) is 1. The van der Waals surface area contributed by atoms with E-state index in [0.717, 1.165) is 9.99 Å². The SMILES string of the molecule is C#CCC1CN(c2ccccc2NS(=O)(=O)c2ccc(S(=O)(=O)N(C)C)cc2)CCO1. The van der Waals surface area contributed by atoms with Crippen LogP contribution in [0.3, 0.4) is 0 Å². The third kappa shape index (κ3) is 5.19. The minimum atomic E-state index is -3.93. The van der Waals surface area contributed by atoms with Gasteiger partial charge in [-0.15, -0.1) is 12.3 Å². The van der Waals surface area contributed by atoms with Crippen LogP contribution in [-0.4, -0.2) is 61.0 Å². The zero-order valence-corrected chi connectivity index (χ0v) is 19.0. The molecule has 1 aliphatic heterocycles. The Morgan fingerprint density at radius 1 is 1.10 bits per heavy atom. The maximum absolute atomic E-state index is 13.0. The number of ether oxygens (including phenoxy) is 1. The first-order chi connectivity index (χ1) is 14.6. The minimum Gasteiger partial charge on any atom is -0.374 e. The largest absolute Gasteiger partial charge is 0.374 e. The van der Waals surface area contributed by atoms with Crippen molar-refractivity contribution >= 4 is 31.4 Å². The molecule has 31 heavy (non-hydrogen) atoms. The van der Waals surface area contributed by atoms with Crippen molar-refractivity contribution in [2.45, 2.75) is 22.3 Å². The standard InChI is InChI=1S/C21H25N3O5S2/c1-4-7-17-16-24(14-15-29-17)21-9-6-5-8-20(21)22-30(25,26)18-10-12-19(13-11-18)31(27,28)23(2)3/h1,5-6,8-13,17,22H,7,14-16H2,2-3H3. The van der Waals surface area contributed by atoms with Gasteiger partial charge in [-0.2, -0.15) is 0 Å². The molecule has 8 nitrogen and oxygen atoms in total. The van der Waals surface area contributed by atoms with E-state index < -0.39 is 20.0 Å². The highest BCUT2D eigenvalue weighted by atomic mass is 32.2. The van der Waals surface area contributed by atoms with E-state index in [-0.39, 0.29) is 15.9 Å². The molecular weight excluding hydrogens is 438 g/mol. The molecule has 1 aliphatic rings. The third-order valence-corrected chi connectivity index (χ3v) is 8.10. The lowest BCUT2D eigenvalue weighted by Crippen LogP contribution is -2.42. The molecule has 1 saturated heterocycles. The second-order valence-electron chi connectivity index (χ2n) is 7.23. The second kappa shape index (κ2) is 9.28. The average molecular weight is 464 g/mol. The van der Waals surface area contributed by atoms with Gasteiger partial charge in [0.15, 0.2) is 0 Å². The van der Waals surface area contributed by atoms with Gasteiger partial charge in [0.05, 0.1) is 33.9 Å². The summed E-state index contributed by atoms with van der Waals surface area (Å²) in [7, 11) is -4.74. The summed E-state index contributed by atoms with van der Waals surface area (Å²) in [6, 6.07) is 12.2. The number of nitrogens with one attached hydrogen (secondary N) is 1. The number of benzene rings is 2. The third-order valence-electron chi connectivity index (χ3n) is 4.89. The van der Waals surface area contributed by atoms with E-state index in [0.29, 0.717) is 31.8 Å². The van der Waals surface area contributed by atoms with Gasteiger partial charge in [-0.25, -0.2) is 21.1 Å². The van der Waals surface area contributed by atoms with Crippen LogP contribution in [0.25, 0.3) is 0 Å². The lowest BCUT2D eigenvalue weighted by Gasteiger charge is -2.35. The van der Waals surface area contributed by atoms with Crippen LogP contribution >= 0.6 is 0 Å². The summed E-state index contributed by atoms with van der Waals surface area (Å²) in [5, 5.41) is 0. The topological polar surface area (TPSA) is 96.0 Å². The van der Waals surface area contributed by atoms with Crippen LogP contribution in [-0.2, 0) is 24.8 Å². The predicted molar refractivity (Wildman–Crippen MR) is 120 cm³/mol. The van der Waals surface area contributed by atoms with Crippen molar-refractivity contribution in [2.75, 3.05) is 43.4 Å². The number of anilines is 2. The molecule has 0 radical (unpaired) electrons. The Morgan fingerprint density at radius 3 is 2.39 bits per heavy atom. The number of para-hydroxylation sites is 2. The Balaban J connectivity index is 1.85. The Bertz CT molecular complexity index is 1170. The van der Waals surface area contributed by atoms with Crippen molar-refractivity contribution in [1.82, 2.24) is 4.31 Å².